The topological polar surface area (TPSA) is 21.3 Å². The fourth-order valence-corrected chi connectivity index (χ4v) is 1.94. The molecule has 0 saturated carbocycles. The van der Waals surface area contributed by atoms with Crippen LogP contribution < -0.4 is 10.1 Å². The molecule has 0 saturated heterocycles. The summed E-state index contributed by atoms with van der Waals surface area (Å²) in [5.41, 5.74) is 1.68. The standard InChI is InChI=1S/C15H20BrF2NO/c1-10(9-19-15(2,3)4)7-11-8-12(16)5-6-13(11)20-14(17)18/h5-8,14,19H,9H2,1-4H3. The van der Waals surface area contributed by atoms with E-state index in [9.17, 15) is 8.78 Å². The number of rotatable bonds is 5. The van der Waals surface area contributed by atoms with Crippen LogP contribution in [-0.4, -0.2) is 18.7 Å². The van der Waals surface area contributed by atoms with Crippen molar-refractivity contribution in [2.45, 2.75) is 39.8 Å². The quantitative estimate of drug-likeness (QED) is 0.822. The van der Waals surface area contributed by atoms with Gasteiger partial charge in [0.1, 0.15) is 5.75 Å². The van der Waals surface area contributed by atoms with Gasteiger partial charge in [0.25, 0.3) is 0 Å². The molecule has 0 fully saturated rings. The number of halogens is 3. The third-order valence-electron chi connectivity index (χ3n) is 2.49. The maximum Gasteiger partial charge on any atom is 0.387 e. The summed E-state index contributed by atoms with van der Waals surface area (Å²) in [4.78, 5) is 0. The Morgan fingerprint density at radius 1 is 1.40 bits per heavy atom. The number of nitrogens with one attached hydrogen (secondary N) is 1. The first-order valence-corrected chi connectivity index (χ1v) is 7.13. The van der Waals surface area contributed by atoms with Gasteiger partial charge in [-0.3, -0.25) is 0 Å². The molecule has 5 heteroatoms. The minimum Gasteiger partial charge on any atom is -0.434 e. The second-order valence-electron chi connectivity index (χ2n) is 5.65. The Hall–Kier alpha value is -0.940. The van der Waals surface area contributed by atoms with Gasteiger partial charge in [-0.05, 0) is 45.9 Å². The van der Waals surface area contributed by atoms with Crippen molar-refractivity contribution in [3.8, 4) is 5.75 Å². The van der Waals surface area contributed by atoms with E-state index in [-0.39, 0.29) is 11.3 Å². The molecular formula is C15H20BrF2NO. The molecule has 1 N–H and O–H groups in total. The Morgan fingerprint density at radius 2 is 2.05 bits per heavy atom. The summed E-state index contributed by atoms with van der Waals surface area (Å²) in [7, 11) is 0. The van der Waals surface area contributed by atoms with Crippen molar-refractivity contribution in [1.82, 2.24) is 5.32 Å². The average molecular weight is 348 g/mol. The Kier molecular flexibility index (Phi) is 6.14. The molecule has 0 aromatic heterocycles. The molecule has 0 atom stereocenters. The Morgan fingerprint density at radius 3 is 2.60 bits per heavy atom. The van der Waals surface area contributed by atoms with Gasteiger partial charge in [-0.1, -0.05) is 27.6 Å². The average Bonchev–Trinajstić information content (AvgIpc) is 2.29. The van der Waals surface area contributed by atoms with Crippen LogP contribution in [-0.2, 0) is 0 Å². The molecule has 0 spiro atoms. The summed E-state index contributed by atoms with van der Waals surface area (Å²) < 4.78 is 30.1. The van der Waals surface area contributed by atoms with Crippen LogP contribution in [0.25, 0.3) is 6.08 Å². The first-order valence-electron chi connectivity index (χ1n) is 6.34. The second kappa shape index (κ2) is 7.18. The molecule has 20 heavy (non-hydrogen) atoms. The molecule has 0 unspecified atom stereocenters. The van der Waals surface area contributed by atoms with Gasteiger partial charge in [0, 0.05) is 22.1 Å². The van der Waals surface area contributed by atoms with Crippen LogP contribution >= 0.6 is 15.9 Å². The number of benzene rings is 1. The normalized spacial score (nSPS) is 12.9. The van der Waals surface area contributed by atoms with Gasteiger partial charge in [-0.2, -0.15) is 8.78 Å². The maximum absolute atomic E-state index is 12.4. The summed E-state index contributed by atoms with van der Waals surface area (Å²) in [5, 5.41) is 3.35. The minimum atomic E-state index is -2.82. The van der Waals surface area contributed by atoms with Gasteiger partial charge in [0.15, 0.2) is 0 Å². The molecule has 1 aromatic carbocycles. The van der Waals surface area contributed by atoms with Gasteiger partial charge in [-0.15, -0.1) is 0 Å². The molecule has 0 aliphatic carbocycles. The van der Waals surface area contributed by atoms with Crippen molar-refractivity contribution in [2.75, 3.05) is 6.54 Å². The van der Waals surface area contributed by atoms with Gasteiger partial charge < -0.3 is 10.1 Å². The van der Waals surface area contributed by atoms with E-state index in [1.165, 1.54) is 6.07 Å². The minimum absolute atomic E-state index is 0.00860. The van der Waals surface area contributed by atoms with Gasteiger partial charge >= 0.3 is 6.61 Å². The van der Waals surface area contributed by atoms with Crippen LogP contribution in [0.1, 0.15) is 33.3 Å². The fourth-order valence-electron chi connectivity index (χ4n) is 1.56. The van der Waals surface area contributed by atoms with Crippen LogP contribution in [0.5, 0.6) is 5.75 Å². The zero-order valence-electron chi connectivity index (χ0n) is 12.1. The lowest BCUT2D eigenvalue weighted by atomic mass is 10.1. The molecule has 0 radical (unpaired) electrons. The van der Waals surface area contributed by atoms with Crippen molar-refractivity contribution in [1.29, 1.82) is 0 Å². The number of alkyl halides is 2. The smallest absolute Gasteiger partial charge is 0.387 e. The van der Waals surface area contributed by atoms with E-state index < -0.39 is 6.61 Å². The fraction of sp³-hybridized carbons (Fsp3) is 0.467. The summed E-state index contributed by atoms with van der Waals surface area (Å²) in [6.45, 7) is 6.03. The first kappa shape index (κ1) is 17.1. The lowest BCUT2D eigenvalue weighted by Gasteiger charge is -2.20. The third kappa shape index (κ3) is 6.48. The van der Waals surface area contributed by atoms with E-state index in [2.05, 4.69) is 46.8 Å². The predicted molar refractivity (Wildman–Crippen MR) is 82.2 cm³/mol. The maximum atomic E-state index is 12.4. The third-order valence-corrected chi connectivity index (χ3v) is 2.98. The molecule has 1 aromatic rings. The molecule has 0 bridgehead atoms. The zero-order chi connectivity index (χ0) is 15.3. The Labute approximate surface area is 127 Å². The van der Waals surface area contributed by atoms with Crippen molar-refractivity contribution < 1.29 is 13.5 Å². The molecule has 0 heterocycles. The number of hydrogen-bond donors (Lipinski definition) is 1. The van der Waals surface area contributed by atoms with Crippen LogP contribution in [0.3, 0.4) is 0 Å². The molecule has 112 valence electrons. The van der Waals surface area contributed by atoms with Gasteiger partial charge in [0.2, 0.25) is 0 Å². The lowest BCUT2D eigenvalue weighted by Crippen LogP contribution is -2.36. The highest BCUT2D eigenvalue weighted by Crippen LogP contribution is 2.26. The molecule has 1 rings (SSSR count). The van der Waals surface area contributed by atoms with Crippen LogP contribution in [0.15, 0.2) is 28.2 Å². The van der Waals surface area contributed by atoms with E-state index in [0.717, 1.165) is 10.0 Å². The molecule has 0 amide bonds. The van der Waals surface area contributed by atoms with E-state index in [1.54, 1.807) is 12.1 Å². The van der Waals surface area contributed by atoms with Gasteiger partial charge in [0.05, 0.1) is 0 Å². The van der Waals surface area contributed by atoms with Crippen LogP contribution in [0, 0.1) is 0 Å². The molecule has 2 nitrogen and oxygen atoms in total. The predicted octanol–water partition coefficient (Wildman–Crippen LogP) is 4.84. The monoisotopic (exact) mass is 347 g/mol. The SMILES string of the molecule is CC(=Cc1cc(Br)ccc1OC(F)F)CNC(C)(C)C. The molecular weight excluding hydrogens is 328 g/mol. The van der Waals surface area contributed by atoms with E-state index in [4.69, 9.17) is 0 Å². The highest BCUT2D eigenvalue weighted by atomic mass is 79.9. The zero-order valence-corrected chi connectivity index (χ0v) is 13.7. The largest absolute Gasteiger partial charge is 0.434 e. The summed E-state index contributed by atoms with van der Waals surface area (Å²) in [6.07, 6.45) is 1.85. The Bertz CT molecular complexity index is 481. The summed E-state index contributed by atoms with van der Waals surface area (Å²) in [6, 6.07) is 4.97. The van der Waals surface area contributed by atoms with E-state index in [0.29, 0.717) is 12.1 Å². The Balaban J connectivity index is 2.91. The molecule has 0 aliphatic heterocycles. The second-order valence-corrected chi connectivity index (χ2v) is 6.57. The summed E-state index contributed by atoms with van der Waals surface area (Å²) >= 11 is 3.34. The number of hydrogen-bond acceptors (Lipinski definition) is 2. The van der Waals surface area contributed by atoms with Gasteiger partial charge in [-0.25, -0.2) is 0 Å². The van der Waals surface area contributed by atoms with Crippen molar-refractivity contribution in [2.24, 2.45) is 0 Å². The highest BCUT2D eigenvalue weighted by molar-refractivity contribution is 9.10. The highest BCUT2D eigenvalue weighted by Gasteiger charge is 2.11. The van der Waals surface area contributed by atoms with Crippen molar-refractivity contribution >= 4 is 22.0 Å². The summed E-state index contributed by atoms with van der Waals surface area (Å²) in [5.74, 6) is 0.179. The number of ether oxygens (including phenoxy) is 1. The van der Waals surface area contributed by atoms with Crippen LogP contribution in [0.4, 0.5) is 8.78 Å². The molecule has 0 aliphatic rings. The van der Waals surface area contributed by atoms with Crippen molar-refractivity contribution in [3.05, 3.63) is 33.8 Å². The van der Waals surface area contributed by atoms with E-state index >= 15 is 0 Å². The lowest BCUT2D eigenvalue weighted by molar-refractivity contribution is -0.0500. The first-order chi connectivity index (χ1) is 9.17. The van der Waals surface area contributed by atoms with Crippen molar-refractivity contribution in [3.63, 3.8) is 0 Å². The van der Waals surface area contributed by atoms with Crippen LogP contribution in [0.2, 0.25) is 0 Å². The van der Waals surface area contributed by atoms with E-state index in [1.807, 2.05) is 13.0 Å².